The highest BCUT2D eigenvalue weighted by Crippen LogP contribution is 2.45. The Morgan fingerprint density at radius 1 is 1.15 bits per heavy atom. The number of aliphatic hydroxyl groups is 1. The van der Waals surface area contributed by atoms with Gasteiger partial charge in [-0.3, -0.25) is 0 Å². The van der Waals surface area contributed by atoms with Crippen LogP contribution in [0.1, 0.15) is 43.2 Å². The Bertz CT molecular complexity index is 848. The molecule has 1 aliphatic rings. The first-order valence-corrected chi connectivity index (χ1v) is 12.1. The van der Waals surface area contributed by atoms with Gasteiger partial charge in [0.1, 0.15) is 0 Å². The van der Waals surface area contributed by atoms with E-state index in [1.165, 1.54) is 5.56 Å². The number of ether oxygens (including phenoxy) is 1. The number of primary amides is 1. The summed E-state index contributed by atoms with van der Waals surface area (Å²) in [5.74, 6) is -0.180. The monoisotopic (exact) mass is 453 g/mol. The van der Waals surface area contributed by atoms with Gasteiger partial charge >= 0.3 is 6.03 Å². The maximum Gasteiger partial charge on any atom is 0.315 e. The smallest absolute Gasteiger partial charge is 0.315 e. The van der Waals surface area contributed by atoms with Crippen molar-refractivity contribution in [2.45, 2.75) is 50.2 Å². The number of hydrogen-bond acceptors (Lipinski definition) is 4. The van der Waals surface area contributed by atoms with Crippen LogP contribution in [0.4, 0.5) is 4.79 Å². The SMILES string of the molecule is COCCCC[C@@](O)(c1ccccc1)C1CCCN(C(N)=O)C1[C@H](CN)Cc1ccccc1. The minimum absolute atomic E-state index is 0.0144. The van der Waals surface area contributed by atoms with Crippen LogP contribution in [-0.2, 0) is 16.8 Å². The number of urea groups is 1. The topological polar surface area (TPSA) is 102 Å². The fourth-order valence-electron chi connectivity index (χ4n) is 5.55. The first-order valence-electron chi connectivity index (χ1n) is 12.1. The molecule has 4 atom stereocenters. The Kier molecular flexibility index (Phi) is 9.30. The van der Waals surface area contributed by atoms with Crippen LogP contribution in [0.15, 0.2) is 60.7 Å². The van der Waals surface area contributed by atoms with Gasteiger partial charge in [-0.1, -0.05) is 60.7 Å². The maximum absolute atomic E-state index is 12.6. The maximum atomic E-state index is 12.6. The van der Waals surface area contributed by atoms with Gasteiger partial charge in [0.05, 0.1) is 5.60 Å². The van der Waals surface area contributed by atoms with E-state index in [0.717, 1.165) is 37.7 Å². The van der Waals surface area contributed by atoms with E-state index < -0.39 is 11.6 Å². The van der Waals surface area contributed by atoms with Crippen molar-refractivity contribution in [3.05, 3.63) is 71.8 Å². The summed E-state index contributed by atoms with van der Waals surface area (Å²) >= 11 is 0. The van der Waals surface area contributed by atoms with Crippen LogP contribution >= 0.6 is 0 Å². The summed E-state index contributed by atoms with van der Waals surface area (Å²) in [5.41, 5.74) is 13.2. The third-order valence-electron chi connectivity index (χ3n) is 7.14. The summed E-state index contributed by atoms with van der Waals surface area (Å²) in [6, 6.07) is 19.4. The van der Waals surface area contributed by atoms with Crippen LogP contribution in [0.2, 0.25) is 0 Å². The standard InChI is InChI=1S/C27H39N3O3/c1-33-18-9-8-16-27(32,23-13-6-3-7-14-23)24-15-10-17-30(26(29)31)25(24)22(20-28)19-21-11-4-2-5-12-21/h2-7,11-14,22,24-25,32H,8-10,15-20,28H2,1H3,(H2,29,31)/t22-,24?,25?,27+/m0/s1. The summed E-state index contributed by atoms with van der Waals surface area (Å²) in [7, 11) is 1.70. The molecule has 2 amide bonds. The molecule has 180 valence electrons. The summed E-state index contributed by atoms with van der Waals surface area (Å²) in [5, 5.41) is 12.3. The van der Waals surface area contributed by atoms with E-state index in [4.69, 9.17) is 16.2 Å². The quantitative estimate of drug-likeness (QED) is 0.452. The zero-order valence-corrected chi connectivity index (χ0v) is 19.7. The largest absolute Gasteiger partial charge is 0.385 e. The van der Waals surface area contributed by atoms with E-state index in [1.807, 2.05) is 48.5 Å². The summed E-state index contributed by atoms with van der Waals surface area (Å²) < 4.78 is 5.23. The van der Waals surface area contributed by atoms with Crippen molar-refractivity contribution in [2.24, 2.45) is 23.3 Å². The van der Waals surface area contributed by atoms with E-state index in [2.05, 4.69) is 12.1 Å². The van der Waals surface area contributed by atoms with Gasteiger partial charge < -0.3 is 26.2 Å². The minimum Gasteiger partial charge on any atom is -0.385 e. The first kappa shape index (κ1) is 25.2. The fourth-order valence-corrected chi connectivity index (χ4v) is 5.55. The minimum atomic E-state index is -1.09. The van der Waals surface area contributed by atoms with Crippen molar-refractivity contribution in [3.8, 4) is 0 Å². The van der Waals surface area contributed by atoms with Crippen LogP contribution in [0.25, 0.3) is 0 Å². The second-order valence-corrected chi connectivity index (χ2v) is 9.20. The predicted octanol–water partition coefficient (Wildman–Crippen LogP) is 3.67. The third-order valence-corrected chi connectivity index (χ3v) is 7.14. The normalized spacial score (nSPS) is 21.4. The number of unbranched alkanes of at least 4 members (excludes halogenated alkanes) is 1. The zero-order valence-electron chi connectivity index (χ0n) is 19.7. The van der Waals surface area contributed by atoms with Crippen molar-refractivity contribution in [1.29, 1.82) is 0 Å². The lowest BCUT2D eigenvalue weighted by Gasteiger charge is -2.51. The molecule has 1 heterocycles. The highest BCUT2D eigenvalue weighted by atomic mass is 16.5. The molecule has 6 heteroatoms. The lowest BCUT2D eigenvalue weighted by Crippen LogP contribution is -2.60. The number of amides is 2. The number of carbonyl (C=O) groups is 1. The predicted molar refractivity (Wildman–Crippen MR) is 132 cm³/mol. The van der Waals surface area contributed by atoms with Crippen LogP contribution in [0, 0.1) is 11.8 Å². The molecule has 1 aliphatic heterocycles. The van der Waals surface area contributed by atoms with Gasteiger partial charge in [-0.2, -0.15) is 0 Å². The molecule has 0 spiro atoms. The molecule has 1 fully saturated rings. The van der Waals surface area contributed by atoms with Gasteiger partial charge in [-0.15, -0.1) is 0 Å². The zero-order chi connectivity index (χ0) is 23.7. The molecular formula is C27H39N3O3. The number of methoxy groups -OCH3 is 1. The van der Waals surface area contributed by atoms with Crippen LogP contribution in [0.3, 0.4) is 0 Å². The summed E-state index contributed by atoms with van der Waals surface area (Å²) in [4.78, 5) is 14.3. The van der Waals surface area contributed by atoms with Gasteiger partial charge in [0, 0.05) is 32.2 Å². The van der Waals surface area contributed by atoms with Gasteiger partial charge in [0.25, 0.3) is 0 Å². The Hall–Kier alpha value is -2.41. The molecule has 2 aromatic carbocycles. The molecule has 2 aromatic rings. The summed E-state index contributed by atoms with van der Waals surface area (Å²) in [6.45, 7) is 1.66. The number of carbonyl (C=O) groups excluding carboxylic acids is 1. The van der Waals surface area contributed by atoms with Crippen molar-refractivity contribution < 1.29 is 14.6 Å². The van der Waals surface area contributed by atoms with E-state index in [9.17, 15) is 9.90 Å². The van der Waals surface area contributed by atoms with Crippen LogP contribution in [-0.4, -0.2) is 48.9 Å². The molecular weight excluding hydrogens is 414 g/mol. The Balaban J connectivity index is 2.00. The average Bonchev–Trinajstić information content (AvgIpc) is 2.85. The van der Waals surface area contributed by atoms with Gasteiger partial charge in [0.15, 0.2) is 0 Å². The fraction of sp³-hybridized carbons (Fsp3) is 0.519. The molecule has 0 saturated carbocycles. The van der Waals surface area contributed by atoms with E-state index in [-0.39, 0.29) is 17.9 Å². The molecule has 2 unspecified atom stereocenters. The molecule has 1 saturated heterocycles. The number of piperidine rings is 1. The molecule has 0 bridgehead atoms. The van der Waals surface area contributed by atoms with Gasteiger partial charge in [0.2, 0.25) is 0 Å². The Labute approximate surface area is 197 Å². The molecule has 33 heavy (non-hydrogen) atoms. The second-order valence-electron chi connectivity index (χ2n) is 9.20. The summed E-state index contributed by atoms with van der Waals surface area (Å²) in [6.07, 6.45) is 4.64. The number of rotatable bonds is 11. The van der Waals surface area contributed by atoms with Crippen molar-refractivity contribution in [1.82, 2.24) is 4.90 Å². The first-order chi connectivity index (χ1) is 16.0. The number of benzene rings is 2. The lowest BCUT2D eigenvalue weighted by atomic mass is 9.66. The molecule has 5 N–H and O–H groups in total. The Morgan fingerprint density at radius 3 is 2.42 bits per heavy atom. The van der Waals surface area contributed by atoms with Crippen molar-refractivity contribution in [3.63, 3.8) is 0 Å². The molecule has 0 radical (unpaired) electrons. The van der Waals surface area contributed by atoms with Crippen molar-refractivity contribution >= 4 is 6.03 Å². The van der Waals surface area contributed by atoms with E-state index >= 15 is 0 Å². The third kappa shape index (κ3) is 6.14. The Morgan fingerprint density at radius 2 is 1.82 bits per heavy atom. The van der Waals surface area contributed by atoms with Gasteiger partial charge in [-0.05, 0) is 62.1 Å². The van der Waals surface area contributed by atoms with Crippen LogP contribution in [0.5, 0.6) is 0 Å². The lowest BCUT2D eigenvalue weighted by molar-refractivity contribution is -0.0908. The average molecular weight is 454 g/mol. The molecule has 3 rings (SSSR count). The van der Waals surface area contributed by atoms with Crippen molar-refractivity contribution in [2.75, 3.05) is 26.8 Å². The molecule has 6 nitrogen and oxygen atoms in total. The highest BCUT2D eigenvalue weighted by Gasteiger charge is 2.49. The number of hydrogen-bond donors (Lipinski definition) is 3. The number of likely N-dealkylation sites (tertiary alicyclic amines) is 1. The second kappa shape index (κ2) is 12.2. The molecule has 0 aliphatic carbocycles. The number of nitrogens with two attached hydrogens (primary N) is 2. The van der Waals surface area contributed by atoms with Gasteiger partial charge in [-0.25, -0.2) is 4.79 Å². The highest BCUT2D eigenvalue weighted by molar-refractivity contribution is 5.72. The molecule has 0 aromatic heterocycles. The van der Waals surface area contributed by atoms with E-state index in [0.29, 0.717) is 26.1 Å². The number of nitrogens with zero attached hydrogens (tertiary/aromatic N) is 1. The van der Waals surface area contributed by atoms with E-state index in [1.54, 1.807) is 12.0 Å². The van der Waals surface area contributed by atoms with Crippen LogP contribution < -0.4 is 11.5 Å².